The molecule has 7 heteroatoms. The van der Waals surface area contributed by atoms with Crippen LogP contribution in [0.2, 0.25) is 0 Å². The monoisotopic (exact) mass is 1240 g/mol. The van der Waals surface area contributed by atoms with E-state index in [0.29, 0.717) is 50.3 Å². The largest absolute Gasteiger partial charge is 0.509 e. The summed E-state index contributed by atoms with van der Waals surface area (Å²) in [6.45, 7) is -2.42. The van der Waals surface area contributed by atoms with Crippen molar-refractivity contribution in [2.24, 2.45) is 0 Å². The van der Waals surface area contributed by atoms with E-state index in [-0.39, 0.29) is 71.3 Å². The third-order valence-corrected chi connectivity index (χ3v) is 18.6. The van der Waals surface area contributed by atoms with E-state index in [1.165, 1.54) is 30.5 Å². The Morgan fingerprint density at radius 1 is 0.500 bits per heavy atom. The third-order valence-electron chi connectivity index (χ3n) is 14.4. The Labute approximate surface area is 512 Å². The van der Waals surface area contributed by atoms with Crippen LogP contribution in [0.15, 0.2) is 279 Å². The molecule has 382 valence electrons. The second-order valence-corrected chi connectivity index (χ2v) is 22.2. The molecule has 15 rings (SSSR count). The normalized spacial score (nSPS) is 15.9. The van der Waals surface area contributed by atoms with Crippen molar-refractivity contribution in [2.75, 3.05) is 0 Å². The summed E-state index contributed by atoms with van der Waals surface area (Å²) in [5, 5.41) is -0.676. The zero-order valence-corrected chi connectivity index (χ0v) is 44.8. The molecule has 0 aliphatic carbocycles. The van der Waals surface area contributed by atoms with Crippen molar-refractivity contribution in [3.63, 3.8) is 0 Å². The van der Waals surface area contributed by atoms with Gasteiger partial charge in [0.2, 0.25) is 0 Å². The summed E-state index contributed by atoms with van der Waals surface area (Å²) < 4.78 is 223. The predicted molar refractivity (Wildman–Crippen MR) is 325 cm³/mol. The fourth-order valence-electron chi connectivity index (χ4n) is 11.2. The second kappa shape index (κ2) is 20.1. The van der Waals surface area contributed by atoms with E-state index >= 15 is 0 Å². The van der Waals surface area contributed by atoms with Crippen LogP contribution in [0, 0.1) is 19.0 Å². The molecule has 80 heavy (non-hydrogen) atoms. The Balaban J connectivity index is 0.00000897. The Bertz CT molecular complexity index is 5750. The first-order valence-electron chi connectivity index (χ1n) is 36.5. The maximum Gasteiger partial charge on any atom is 0.253 e. The van der Waals surface area contributed by atoms with Crippen LogP contribution in [0.25, 0.3) is 94.5 Å². The zero-order chi connectivity index (χ0) is 72.3. The minimum Gasteiger partial charge on any atom is -0.509 e. The standard InChI is InChI=1S/C73H49N4OSi.Pt/c1-50-43-44-74-71(45-50)77-68-37-17-16-33-63(68)64-41-39-54(47-70(64)77)78-53-24-18-23-52(46-53)75-49-76-72-59(51-21-6-2-7-22-51)34-19-35-66(72)67-48-58(40-42-62(67)60-31-14-15-32-61(60)65-36-20-38-69(75)73(65)76)79(55-25-8-3-9-26-55,56-27-10-4-11-28-56)57-29-12-5-13-30-57;/h2-45,48-49H,1H3;/q-1;/i1D3,2D,3D,4D,5D,6D,7D,8D,9D,10D,11D,12D,13D,21D,22D,25D,26D,27D,28D,29D,30D;. The molecule has 0 saturated heterocycles. The molecule has 0 saturated carbocycles. The molecule has 0 fully saturated rings. The van der Waals surface area contributed by atoms with Crippen LogP contribution in [0.5, 0.6) is 11.5 Å². The van der Waals surface area contributed by atoms with Gasteiger partial charge in [0.25, 0.3) is 6.33 Å². The molecule has 5 nitrogen and oxygen atoms in total. The molecule has 0 radical (unpaired) electrons. The van der Waals surface area contributed by atoms with Crippen LogP contribution in [0.3, 0.4) is 0 Å². The molecule has 0 unspecified atom stereocenters. The molecular formula is C73H49N4OPtSi-. The van der Waals surface area contributed by atoms with E-state index in [4.69, 9.17) is 17.1 Å². The summed E-state index contributed by atoms with van der Waals surface area (Å²) in [6.07, 6.45) is 3.17. The fourth-order valence-corrected chi connectivity index (χ4v) is 15.0. The van der Waals surface area contributed by atoms with Gasteiger partial charge in [0.05, 0.1) is 27.4 Å². The Morgan fingerprint density at radius 3 is 1.84 bits per heavy atom. The maximum atomic E-state index is 9.86. The van der Waals surface area contributed by atoms with Crippen molar-refractivity contribution < 1.29 is 61.9 Å². The third kappa shape index (κ3) is 7.93. The average molecular weight is 1240 g/mol. The van der Waals surface area contributed by atoms with Gasteiger partial charge in [-0.1, -0.05) is 217 Å². The first-order valence-corrected chi connectivity index (χ1v) is 27.0. The minimum absolute atomic E-state index is 0. The van der Waals surface area contributed by atoms with Crippen LogP contribution >= 0.6 is 0 Å². The van der Waals surface area contributed by atoms with Gasteiger partial charge in [-0.3, -0.25) is 0 Å². The molecule has 0 amide bonds. The average Bonchev–Trinajstić information content (AvgIpc) is 1.67. The Morgan fingerprint density at radius 2 is 1.10 bits per heavy atom. The van der Waals surface area contributed by atoms with E-state index in [9.17, 15) is 19.2 Å². The van der Waals surface area contributed by atoms with Crippen molar-refractivity contribution in [3.05, 3.63) is 297 Å². The minimum atomic E-state index is -5.77. The molecule has 14 aromatic rings. The van der Waals surface area contributed by atoms with E-state index in [0.717, 1.165) is 16.3 Å². The summed E-state index contributed by atoms with van der Waals surface area (Å²) in [5.41, 5.74) is 5.27. The first-order chi connectivity index (χ1) is 48.6. The van der Waals surface area contributed by atoms with E-state index in [1.807, 2.05) is 75.9 Å². The smallest absolute Gasteiger partial charge is 0.253 e. The molecule has 0 atom stereocenters. The summed E-state index contributed by atoms with van der Waals surface area (Å²) in [7, 11) is -5.77. The van der Waals surface area contributed by atoms with Gasteiger partial charge in [0, 0.05) is 70.8 Å². The molecule has 1 aliphatic heterocycles. The van der Waals surface area contributed by atoms with Crippen molar-refractivity contribution in [1.29, 1.82) is 0 Å². The summed E-state index contributed by atoms with van der Waals surface area (Å²) in [6, 6.07) is 31.3. The van der Waals surface area contributed by atoms with Crippen molar-refractivity contribution in [1.82, 2.24) is 14.1 Å². The van der Waals surface area contributed by atoms with Gasteiger partial charge < -0.3 is 9.30 Å². The number of aryl methyl sites for hydroxylation is 1. The van der Waals surface area contributed by atoms with Crippen LogP contribution < -0.4 is 30.1 Å². The number of hydrogen-bond acceptors (Lipinski definition) is 2. The number of aromatic nitrogens is 4. The van der Waals surface area contributed by atoms with Crippen LogP contribution in [-0.4, -0.2) is 22.2 Å². The summed E-state index contributed by atoms with van der Waals surface area (Å²) >= 11 is 0. The van der Waals surface area contributed by atoms with E-state index in [2.05, 4.69) is 17.1 Å². The maximum absolute atomic E-state index is 9.86. The number of rotatable bonds is 9. The number of pyridine rings is 1. The topological polar surface area (TPSA) is 35.9 Å². The number of benzene rings is 11. The summed E-state index contributed by atoms with van der Waals surface area (Å²) in [5.74, 6) is 0.819. The number of fused-ring (bicyclic) bond motifs is 10. The number of para-hydroxylation sites is 3. The van der Waals surface area contributed by atoms with E-state index < -0.39 is 151 Å². The number of hydrogen-bond donors (Lipinski definition) is 0. The van der Waals surface area contributed by atoms with Gasteiger partial charge >= 0.3 is 0 Å². The molecule has 11 aromatic carbocycles. The molecule has 3 aromatic heterocycles. The van der Waals surface area contributed by atoms with Crippen LogP contribution in [0.4, 0.5) is 0 Å². The Kier molecular flexibility index (Phi) is 7.55. The fraction of sp³-hybridized carbons (Fsp3) is 0.0137. The molecule has 1 aliphatic rings. The molecule has 0 N–H and O–H groups in total. The van der Waals surface area contributed by atoms with Gasteiger partial charge in [0.15, 0.2) is 19.1 Å². The first kappa shape index (κ1) is 30.1. The van der Waals surface area contributed by atoms with Gasteiger partial charge in [-0.05, 0) is 96.7 Å². The zero-order valence-electron chi connectivity index (χ0n) is 64.5. The predicted octanol–water partition coefficient (Wildman–Crippen LogP) is 14.5. The van der Waals surface area contributed by atoms with Crippen molar-refractivity contribution in [3.8, 4) is 73.2 Å². The van der Waals surface area contributed by atoms with Gasteiger partial charge in [-0.2, -0.15) is 16.7 Å². The van der Waals surface area contributed by atoms with E-state index in [1.54, 1.807) is 65.5 Å². The molecular weight excluding hydrogens is 1170 g/mol. The molecule has 0 spiro atoms. The quantitative estimate of drug-likeness (QED) is 0.0625. The number of imidazole rings is 1. The number of ether oxygens (including phenoxy) is 1. The second-order valence-electron chi connectivity index (χ2n) is 18.6. The molecule has 0 bridgehead atoms. The SMILES string of the molecule is [2H]c1c([2H])c([2H])c(-c2cccc3c2-[n+]2cn(-c4[c-]c(Oc5[c-]c6c(cc5)c5ccccc5n6-c5cc(C([2H])([2H])[2H])ccn5)ccc4)c4cccc(c42)-c2ccccc2-c2ccc([Si](c4c([2H])c([2H])c([2H])c([2H])c4[2H])(c4c([2H])c([2H])c([2H])c([2H])c4[2H])c4c([2H])c([2H])c([2H])c([2H])c4[2H])cc2-3)c([2H])c1[2H].[Pt]. The van der Waals surface area contributed by atoms with Gasteiger partial charge in [0.1, 0.15) is 11.5 Å². The Hall–Kier alpha value is -9.45. The van der Waals surface area contributed by atoms with Gasteiger partial charge in [-0.15, -0.1) is 29.7 Å². The summed E-state index contributed by atoms with van der Waals surface area (Å²) in [4.78, 5) is 4.60. The number of nitrogens with zero attached hydrogens (tertiary/aromatic N) is 4. The van der Waals surface area contributed by atoms with Crippen molar-refractivity contribution >= 4 is 61.7 Å². The van der Waals surface area contributed by atoms with Gasteiger partial charge in [-0.25, -0.2) is 9.55 Å². The van der Waals surface area contributed by atoms with Crippen molar-refractivity contribution in [2.45, 2.75) is 6.85 Å². The van der Waals surface area contributed by atoms with Crippen LogP contribution in [0.1, 0.15) is 37.1 Å². The molecule has 4 heterocycles. The van der Waals surface area contributed by atoms with Crippen LogP contribution in [-0.2, 0) is 21.1 Å².